The number of nitrogens with one attached hydrogen (secondary N) is 1. The summed E-state index contributed by atoms with van der Waals surface area (Å²) in [5.41, 5.74) is 1.87. The van der Waals surface area contributed by atoms with Gasteiger partial charge in [-0.2, -0.15) is 0 Å². The predicted molar refractivity (Wildman–Crippen MR) is 63.9 cm³/mol. The van der Waals surface area contributed by atoms with Crippen LogP contribution in [0.2, 0.25) is 5.02 Å². The lowest BCUT2D eigenvalue weighted by Crippen LogP contribution is -2.05. The Labute approximate surface area is 97.3 Å². The molecule has 0 atom stereocenters. The van der Waals surface area contributed by atoms with E-state index in [1.807, 2.05) is 12.1 Å². The van der Waals surface area contributed by atoms with E-state index < -0.39 is 0 Å². The summed E-state index contributed by atoms with van der Waals surface area (Å²) < 4.78 is 0. The molecule has 0 saturated carbocycles. The van der Waals surface area contributed by atoms with Gasteiger partial charge in [-0.3, -0.25) is 9.78 Å². The van der Waals surface area contributed by atoms with Crippen LogP contribution in [0.5, 0.6) is 5.88 Å². The minimum atomic E-state index is -0.326. The summed E-state index contributed by atoms with van der Waals surface area (Å²) in [5.74, 6) is -0.0996. The molecule has 0 aliphatic heterocycles. The van der Waals surface area contributed by atoms with Crippen LogP contribution in [0.4, 0.5) is 0 Å². The molecule has 16 heavy (non-hydrogen) atoms. The molecule has 2 aromatic rings. The summed E-state index contributed by atoms with van der Waals surface area (Å²) in [6, 6.07) is 8.56. The molecule has 2 rings (SSSR count). The number of H-pyrrole nitrogens is 1. The van der Waals surface area contributed by atoms with Crippen molar-refractivity contribution < 1.29 is 5.11 Å². The number of pyridine rings is 1. The molecule has 4 heteroatoms. The summed E-state index contributed by atoms with van der Waals surface area (Å²) >= 11 is 5.78. The number of benzene rings is 1. The number of rotatable bonds is 1. The van der Waals surface area contributed by atoms with E-state index >= 15 is 0 Å². The second-order valence-electron chi connectivity index (χ2n) is 3.53. The van der Waals surface area contributed by atoms with Crippen molar-refractivity contribution in [3.8, 4) is 17.0 Å². The van der Waals surface area contributed by atoms with Gasteiger partial charge >= 0.3 is 0 Å². The van der Waals surface area contributed by atoms with Crippen LogP contribution >= 0.6 is 11.6 Å². The standard InChI is InChI=1S/C12H10ClNO2/c1-7-10(6-11(15)14-12(7)16)8-2-4-9(13)5-3-8/h2-6H,1H3,(H2,14,15,16). The third kappa shape index (κ3) is 1.95. The van der Waals surface area contributed by atoms with E-state index in [1.165, 1.54) is 6.07 Å². The zero-order valence-corrected chi connectivity index (χ0v) is 9.38. The minimum Gasteiger partial charge on any atom is -0.494 e. The second kappa shape index (κ2) is 4.02. The first-order valence-corrected chi connectivity index (χ1v) is 5.14. The molecular formula is C12H10ClNO2. The zero-order valence-electron chi connectivity index (χ0n) is 8.62. The average Bonchev–Trinajstić information content (AvgIpc) is 2.25. The number of hydrogen-bond acceptors (Lipinski definition) is 2. The van der Waals surface area contributed by atoms with Gasteiger partial charge in [0.15, 0.2) is 5.88 Å². The van der Waals surface area contributed by atoms with Gasteiger partial charge in [0.1, 0.15) is 0 Å². The fraction of sp³-hybridized carbons (Fsp3) is 0.0833. The van der Waals surface area contributed by atoms with Gasteiger partial charge in [-0.15, -0.1) is 0 Å². The van der Waals surface area contributed by atoms with Gasteiger partial charge in [0.05, 0.1) is 0 Å². The molecule has 0 unspecified atom stereocenters. The number of hydrogen-bond donors (Lipinski definition) is 2. The molecule has 0 spiro atoms. The Morgan fingerprint density at radius 1 is 1.25 bits per heavy atom. The Morgan fingerprint density at radius 2 is 1.88 bits per heavy atom. The van der Waals surface area contributed by atoms with E-state index in [9.17, 15) is 9.90 Å². The van der Waals surface area contributed by atoms with Crippen molar-refractivity contribution in [2.24, 2.45) is 0 Å². The largest absolute Gasteiger partial charge is 0.494 e. The fourth-order valence-corrected chi connectivity index (χ4v) is 1.67. The van der Waals surface area contributed by atoms with Crippen LogP contribution in [0.1, 0.15) is 5.56 Å². The highest BCUT2D eigenvalue weighted by Gasteiger charge is 2.07. The van der Waals surface area contributed by atoms with E-state index in [4.69, 9.17) is 11.6 Å². The predicted octanol–water partition coefficient (Wildman–Crippen LogP) is 2.71. The van der Waals surface area contributed by atoms with Crippen molar-refractivity contribution in [1.29, 1.82) is 0 Å². The van der Waals surface area contributed by atoms with Crippen molar-refractivity contribution in [3.63, 3.8) is 0 Å². The van der Waals surface area contributed by atoms with Crippen molar-refractivity contribution in [3.05, 3.63) is 51.3 Å². The highest BCUT2D eigenvalue weighted by molar-refractivity contribution is 6.30. The molecule has 1 aromatic heterocycles. The van der Waals surface area contributed by atoms with Crippen molar-refractivity contribution in [2.75, 3.05) is 0 Å². The lowest BCUT2D eigenvalue weighted by Gasteiger charge is -2.06. The summed E-state index contributed by atoms with van der Waals surface area (Å²) in [6.07, 6.45) is 0. The second-order valence-corrected chi connectivity index (χ2v) is 3.96. The molecule has 2 N–H and O–H groups in total. The van der Waals surface area contributed by atoms with E-state index in [1.54, 1.807) is 19.1 Å². The van der Waals surface area contributed by atoms with Crippen LogP contribution in [-0.4, -0.2) is 10.1 Å². The normalized spacial score (nSPS) is 10.4. The van der Waals surface area contributed by atoms with E-state index in [-0.39, 0.29) is 11.4 Å². The number of aromatic nitrogens is 1. The first-order valence-electron chi connectivity index (χ1n) is 4.77. The third-order valence-electron chi connectivity index (χ3n) is 2.43. The quantitative estimate of drug-likeness (QED) is 0.799. The zero-order chi connectivity index (χ0) is 11.7. The molecule has 0 aliphatic carbocycles. The van der Waals surface area contributed by atoms with Crippen LogP contribution in [0.3, 0.4) is 0 Å². The van der Waals surface area contributed by atoms with Gasteiger partial charge in [0, 0.05) is 16.7 Å². The molecule has 1 heterocycles. The monoisotopic (exact) mass is 235 g/mol. The van der Waals surface area contributed by atoms with Gasteiger partial charge in [-0.05, 0) is 30.2 Å². The van der Waals surface area contributed by atoms with E-state index in [2.05, 4.69) is 4.98 Å². The van der Waals surface area contributed by atoms with Gasteiger partial charge in [0.25, 0.3) is 5.56 Å². The maximum absolute atomic E-state index is 11.3. The maximum atomic E-state index is 11.3. The lowest BCUT2D eigenvalue weighted by atomic mass is 10.0. The molecule has 82 valence electrons. The molecule has 1 aromatic carbocycles. The lowest BCUT2D eigenvalue weighted by molar-refractivity contribution is 0.447. The SMILES string of the molecule is Cc1c(-c2ccc(Cl)cc2)cc(=O)[nH]c1O. The van der Waals surface area contributed by atoms with Crippen LogP contribution in [0.25, 0.3) is 11.1 Å². The highest BCUT2D eigenvalue weighted by Crippen LogP contribution is 2.26. The first kappa shape index (κ1) is 10.8. The van der Waals surface area contributed by atoms with Crippen LogP contribution in [0.15, 0.2) is 35.1 Å². The molecule has 0 fully saturated rings. The van der Waals surface area contributed by atoms with Crippen LogP contribution in [0, 0.1) is 6.92 Å². The molecule has 0 aliphatic rings. The molecule has 0 saturated heterocycles. The molecule has 0 bridgehead atoms. The topological polar surface area (TPSA) is 53.1 Å². The third-order valence-corrected chi connectivity index (χ3v) is 2.68. The van der Waals surface area contributed by atoms with Crippen LogP contribution < -0.4 is 5.56 Å². The van der Waals surface area contributed by atoms with Crippen molar-refractivity contribution in [1.82, 2.24) is 4.98 Å². The summed E-state index contributed by atoms with van der Waals surface area (Å²) in [6.45, 7) is 1.75. The summed E-state index contributed by atoms with van der Waals surface area (Å²) in [7, 11) is 0. The fourth-order valence-electron chi connectivity index (χ4n) is 1.54. The van der Waals surface area contributed by atoms with Crippen molar-refractivity contribution in [2.45, 2.75) is 6.92 Å². The molecule has 0 radical (unpaired) electrons. The van der Waals surface area contributed by atoms with Crippen molar-refractivity contribution >= 4 is 11.6 Å². The van der Waals surface area contributed by atoms with Gasteiger partial charge in [-0.25, -0.2) is 0 Å². The maximum Gasteiger partial charge on any atom is 0.251 e. The summed E-state index contributed by atoms with van der Waals surface area (Å²) in [5, 5.41) is 10.1. The Hall–Kier alpha value is -1.74. The number of halogens is 1. The Balaban J connectivity index is 2.64. The summed E-state index contributed by atoms with van der Waals surface area (Å²) in [4.78, 5) is 13.6. The molecular weight excluding hydrogens is 226 g/mol. The Morgan fingerprint density at radius 3 is 2.50 bits per heavy atom. The number of aromatic hydroxyl groups is 1. The minimum absolute atomic E-state index is 0.0996. The average molecular weight is 236 g/mol. The van der Waals surface area contributed by atoms with Crippen LogP contribution in [-0.2, 0) is 0 Å². The van der Waals surface area contributed by atoms with E-state index in [0.717, 1.165) is 5.56 Å². The van der Waals surface area contributed by atoms with E-state index in [0.29, 0.717) is 16.1 Å². The van der Waals surface area contributed by atoms with Gasteiger partial charge in [0.2, 0.25) is 0 Å². The molecule has 0 amide bonds. The highest BCUT2D eigenvalue weighted by atomic mass is 35.5. The Kier molecular flexibility index (Phi) is 2.71. The number of aromatic amines is 1. The first-order chi connectivity index (χ1) is 7.58. The van der Waals surface area contributed by atoms with Gasteiger partial charge < -0.3 is 5.11 Å². The van der Waals surface area contributed by atoms with Gasteiger partial charge in [-0.1, -0.05) is 23.7 Å². The molecule has 3 nitrogen and oxygen atoms in total. The smallest absolute Gasteiger partial charge is 0.251 e. The Bertz CT molecular complexity index is 573.